The first-order valence-electron chi connectivity index (χ1n) is 7.66. The van der Waals surface area contributed by atoms with Gasteiger partial charge in [0.15, 0.2) is 0 Å². The number of aromatic hydroxyl groups is 1. The zero-order valence-electron chi connectivity index (χ0n) is 12.7. The van der Waals surface area contributed by atoms with Crippen molar-refractivity contribution in [3.63, 3.8) is 0 Å². The zero-order chi connectivity index (χ0) is 15.7. The lowest BCUT2D eigenvalue weighted by Crippen LogP contribution is -2.47. The fourth-order valence-electron chi connectivity index (χ4n) is 3.36. The lowest BCUT2D eigenvalue weighted by Gasteiger charge is -2.34. The molecule has 6 heteroatoms. The van der Waals surface area contributed by atoms with Crippen LogP contribution in [0.2, 0.25) is 5.02 Å². The van der Waals surface area contributed by atoms with Crippen LogP contribution >= 0.6 is 11.6 Å². The average Bonchev–Trinajstić information content (AvgIpc) is 2.89. The largest absolute Gasteiger partial charge is 0.507 e. The maximum absolute atomic E-state index is 12.6. The van der Waals surface area contributed by atoms with Crippen LogP contribution in [-0.2, 0) is 4.74 Å². The molecule has 0 aliphatic carbocycles. The van der Waals surface area contributed by atoms with Gasteiger partial charge in [0.1, 0.15) is 5.75 Å². The second-order valence-corrected chi connectivity index (χ2v) is 6.50. The summed E-state index contributed by atoms with van der Waals surface area (Å²) in [6.07, 6.45) is 0. The van der Waals surface area contributed by atoms with Gasteiger partial charge in [0.05, 0.1) is 18.8 Å². The molecule has 2 atom stereocenters. The number of morpholine rings is 1. The molecule has 120 valence electrons. The number of phenolic OH excluding ortho intramolecular Hbond substituents is 1. The van der Waals surface area contributed by atoms with Crippen LogP contribution in [0.25, 0.3) is 0 Å². The Morgan fingerprint density at radius 2 is 2.05 bits per heavy atom. The van der Waals surface area contributed by atoms with Crippen LogP contribution < -0.4 is 0 Å². The molecule has 1 aromatic carbocycles. The number of hydrogen-bond donors (Lipinski definition) is 1. The Balaban J connectivity index is 1.71. The molecule has 5 nitrogen and oxygen atoms in total. The Bertz CT molecular complexity index is 560. The second-order valence-electron chi connectivity index (χ2n) is 6.06. The number of halogens is 1. The molecule has 22 heavy (non-hydrogen) atoms. The molecule has 2 fully saturated rings. The second kappa shape index (κ2) is 6.44. The Morgan fingerprint density at radius 3 is 2.73 bits per heavy atom. The summed E-state index contributed by atoms with van der Waals surface area (Å²) in [4.78, 5) is 16.9. The Labute approximate surface area is 135 Å². The van der Waals surface area contributed by atoms with Gasteiger partial charge in [-0.2, -0.15) is 0 Å². The lowest BCUT2D eigenvalue weighted by molar-refractivity contribution is 0.0119. The summed E-state index contributed by atoms with van der Waals surface area (Å²) < 4.78 is 5.40. The van der Waals surface area contributed by atoms with Crippen LogP contribution in [0, 0.1) is 5.92 Å². The molecule has 0 radical (unpaired) electrons. The van der Waals surface area contributed by atoms with Crippen LogP contribution in [0.1, 0.15) is 17.3 Å². The number of ether oxygens (including phenoxy) is 1. The van der Waals surface area contributed by atoms with Crippen molar-refractivity contribution in [1.82, 2.24) is 9.80 Å². The van der Waals surface area contributed by atoms with Crippen molar-refractivity contribution in [3.05, 3.63) is 28.8 Å². The molecule has 1 amide bonds. The first-order chi connectivity index (χ1) is 10.6. The van der Waals surface area contributed by atoms with Crippen LogP contribution in [0.15, 0.2) is 18.2 Å². The first-order valence-corrected chi connectivity index (χ1v) is 8.03. The maximum Gasteiger partial charge on any atom is 0.257 e. The highest BCUT2D eigenvalue weighted by molar-refractivity contribution is 6.30. The minimum absolute atomic E-state index is 0.0556. The number of phenols is 1. The monoisotopic (exact) mass is 324 g/mol. The van der Waals surface area contributed by atoms with Crippen molar-refractivity contribution in [2.75, 3.05) is 39.4 Å². The third-order valence-electron chi connectivity index (χ3n) is 4.56. The van der Waals surface area contributed by atoms with Crippen LogP contribution in [0.5, 0.6) is 5.75 Å². The van der Waals surface area contributed by atoms with E-state index >= 15 is 0 Å². The molecule has 2 saturated heterocycles. The third-order valence-corrected chi connectivity index (χ3v) is 4.80. The van der Waals surface area contributed by atoms with Gasteiger partial charge in [-0.3, -0.25) is 9.69 Å². The van der Waals surface area contributed by atoms with Crippen molar-refractivity contribution >= 4 is 17.5 Å². The number of nitrogens with zero attached hydrogens (tertiary/aromatic N) is 2. The van der Waals surface area contributed by atoms with Gasteiger partial charge >= 0.3 is 0 Å². The van der Waals surface area contributed by atoms with Gasteiger partial charge in [-0.25, -0.2) is 0 Å². The number of likely N-dealkylation sites (tertiary alicyclic amines) is 1. The number of hydrogen-bond acceptors (Lipinski definition) is 4. The fourth-order valence-corrected chi connectivity index (χ4v) is 3.52. The molecular formula is C16H21ClN2O3. The number of rotatable bonds is 2. The van der Waals surface area contributed by atoms with Crippen molar-refractivity contribution in [2.45, 2.75) is 13.0 Å². The molecule has 0 spiro atoms. The summed E-state index contributed by atoms with van der Waals surface area (Å²) in [5.41, 5.74) is 0.319. The number of carbonyl (C=O) groups excluding carboxylic acids is 1. The van der Waals surface area contributed by atoms with E-state index in [1.807, 2.05) is 4.90 Å². The fraction of sp³-hybridized carbons (Fsp3) is 0.562. The van der Waals surface area contributed by atoms with E-state index < -0.39 is 0 Å². The number of amides is 1. The van der Waals surface area contributed by atoms with Gasteiger partial charge in [-0.1, -0.05) is 18.5 Å². The molecule has 2 heterocycles. The summed E-state index contributed by atoms with van der Waals surface area (Å²) in [6, 6.07) is 5.00. The van der Waals surface area contributed by atoms with E-state index in [1.165, 1.54) is 6.07 Å². The van der Waals surface area contributed by atoms with Crippen LogP contribution in [0.3, 0.4) is 0 Å². The standard InChI is InChI=1S/C16H21ClN2O3/c1-11-9-19(10-14(11)18-4-6-22-7-5-18)16(21)13-3-2-12(17)8-15(13)20/h2-3,8,11,14,20H,4-7,9-10H2,1H3/t11-,14+/m1/s1. The van der Waals surface area contributed by atoms with Crippen molar-refractivity contribution in [3.8, 4) is 5.75 Å². The van der Waals surface area contributed by atoms with Crippen molar-refractivity contribution in [2.24, 2.45) is 5.92 Å². The SMILES string of the molecule is C[C@@H]1CN(C(=O)c2ccc(Cl)cc2O)C[C@@H]1N1CCOCC1. The number of benzene rings is 1. The minimum Gasteiger partial charge on any atom is -0.507 e. The zero-order valence-corrected chi connectivity index (χ0v) is 13.4. The molecule has 0 saturated carbocycles. The van der Waals surface area contributed by atoms with E-state index in [-0.39, 0.29) is 11.7 Å². The van der Waals surface area contributed by atoms with E-state index in [2.05, 4.69) is 11.8 Å². The topological polar surface area (TPSA) is 53.0 Å². The predicted molar refractivity (Wildman–Crippen MR) is 84.4 cm³/mol. The maximum atomic E-state index is 12.6. The van der Waals surface area contributed by atoms with Gasteiger partial charge in [0.2, 0.25) is 0 Å². The van der Waals surface area contributed by atoms with E-state index in [9.17, 15) is 9.90 Å². The summed E-state index contributed by atoms with van der Waals surface area (Å²) in [6.45, 7) is 6.94. The van der Waals surface area contributed by atoms with Crippen molar-refractivity contribution in [1.29, 1.82) is 0 Å². The van der Waals surface area contributed by atoms with E-state index in [0.29, 0.717) is 35.6 Å². The molecule has 1 N–H and O–H groups in total. The molecule has 2 aliphatic rings. The molecule has 0 aromatic heterocycles. The summed E-state index contributed by atoms with van der Waals surface area (Å²) in [5, 5.41) is 10.4. The molecule has 1 aromatic rings. The van der Waals surface area contributed by atoms with E-state index in [4.69, 9.17) is 16.3 Å². The predicted octanol–water partition coefficient (Wildman–Crippen LogP) is 1.84. The van der Waals surface area contributed by atoms with E-state index in [1.54, 1.807) is 12.1 Å². The van der Waals surface area contributed by atoms with Gasteiger partial charge in [-0.05, 0) is 24.1 Å². The molecule has 2 aliphatic heterocycles. The summed E-state index contributed by atoms with van der Waals surface area (Å²) in [7, 11) is 0. The summed E-state index contributed by atoms with van der Waals surface area (Å²) >= 11 is 5.83. The normalized spacial score (nSPS) is 26.4. The van der Waals surface area contributed by atoms with Gasteiger partial charge in [-0.15, -0.1) is 0 Å². The molecule has 3 rings (SSSR count). The minimum atomic E-state index is -0.128. The van der Waals surface area contributed by atoms with E-state index in [0.717, 1.165) is 26.3 Å². The quantitative estimate of drug-likeness (QED) is 0.902. The van der Waals surface area contributed by atoms with Gasteiger partial charge in [0.25, 0.3) is 5.91 Å². The van der Waals surface area contributed by atoms with Gasteiger partial charge in [0, 0.05) is 37.2 Å². The molecular weight excluding hydrogens is 304 g/mol. The molecule has 0 bridgehead atoms. The first kappa shape index (κ1) is 15.6. The third kappa shape index (κ3) is 3.07. The lowest BCUT2D eigenvalue weighted by atomic mass is 10.0. The smallest absolute Gasteiger partial charge is 0.257 e. The highest BCUT2D eigenvalue weighted by Gasteiger charge is 2.37. The van der Waals surface area contributed by atoms with Crippen LogP contribution in [-0.4, -0.2) is 66.2 Å². The summed E-state index contributed by atoms with van der Waals surface area (Å²) in [5.74, 6) is 0.230. The van der Waals surface area contributed by atoms with Gasteiger partial charge < -0.3 is 14.7 Å². The highest BCUT2D eigenvalue weighted by atomic mass is 35.5. The Morgan fingerprint density at radius 1 is 1.32 bits per heavy atom. The Kier molecular flexibility index (Phi) is 4.57. The van der Waals surface area contributed by atoms with Crippen LogP contribution in [0.4, 0.5) is 0 Å². The Hall–Kier alpha value is -1.30. The molecule has 0 unspecified atom stereocenters. The number of carbonyl (C=O) groups is 1. The van der Waals surface area contributed by atoms with Crippen molar-refractivity contribution < 1.29 is 14.6 Å². The average molecular weight is 325 g/mol. The highest BCUT2D eigenvalue weighted by Crippen LogP contribution is 2.28.